The fraction of sp³-hybridized carbons (Fsp3) is 0.273. The molecule has 1 N–H and O–H groups in total. The Morgan fingerprint density at radius 2 is 2.31 bits per heavy atom. The van der Waals surface area contributed by atoms with Gasteiger partial charge in [0.1, 0.15) is 5.82 Å². The second-order valence-electron chi connectivity index (χ2n) is 3.23. The van der Waals surface area contributed by atoms with Gasteiger partial charge in [0, 0.05) is 23.6 Å². The Morgan fingerprint density at radius 1 is 1.62 bits per heavy atom. The SMILES string of the molecule is Cc1c(F)cc(C#N)cc1NC(=O)CCCl. The number of alkyl halides is 1. The van der Waals surface area contributed by atoms with Gasteiger partial charge in [0.25, 0.3) is 0 Å². The molecule has 0 unspecified atom stereocenters. The highest BCUT2D eigenvalue weighted by Crippen LogP contribution is 2.20. The summed E-state index contributed by atoms with van der Waals surface area (Å²) in [6.45, 7) is 1.53. The average Bonchev–Trinajstić information content (AvgIpc) is 2.24. The molecule has 0 fully saturated rings. The van der Waals surface area contributed by atoms with E-state index < -0.39 is 5.82 Å². The molecular weight excluding hydrogens is 231 g/mol. The van der Waals surface area contributed by atoms with E-state index in [-0.39, 0.29) is 23.8 Å². The monoisotopic (exact) mass is 240 g/mol. The van der Waals surface area contributed by atoms with Crippen molar-refractivity contribution < 1.29 is 9.18 Å². The normalized spacial score (nSPS) is 9.62. The van der Waals surface area contributed by atoms with Gasteiger partial charge in [-0.2, -0.15) is 5.26 Å². The zero-order valence-corrected chi connectivity index (χ0v) is 9.44. The summed E-state index contributed by atoms with van der Waals surface area (Å²) >= 11 is 5.40. The van der Waals surface area contributed by atoms with Crippen LogP contribution in [0.5, 0.6) is 0 Å². The van der Waals surface area contributed by atoms with Crippen molar-refractivity contribution in [1.29, 1.82) is 5.26 Å². The first kappa shape index (κ1) is 12.5. The highest BCUT2D eigenvalue weighted by Gasteiger charge is 2.09. The Kier molecular flexibility index (Phi) is 4.27. The molecule has 0 aliphatic heterocycles. The van der Waals surface area contributed by atoms with Gasteiger partial charge in [0.2, 0.25) is 5.91 Å². The van der Waals surface area contributed by atoms with E-state index in [1.54, 1.807) is 0 Å². The van der Waals surface area contributed by atoms with Crippen LogP contribution in [0, 0.1) is 24.1 Å². The minimum Gasteiger partial charge on any atom is -0.326 e. The zero-order valence-electron chi connectivity index (χ0n) is 8.68. The van der Waals surface area contributed by atoms with E-state index in [1.807, 2.05) is 6.07 Å². The Morgan fingerprint density at radius 3 is 2.88 bits per heavy atom. The first-order valence-corrected chi connectivity index (χ1v) is 5.18. The van der Waals surface area contributed by atoms with E-state index in [2.05, 4.69) is 5.32 Å². The first-order chi connectivity index (χ1) is 7.58. The number of nitrogens with zero attached hydrogens (tertiary/aromatic N) is 1. The number of rotatable bonds is 3. The molecule has 0 spiro atoms. The lowest BCUT2D eigenvalue weighted by Gasteiger charge is -2.08. The molecule has 1 aromatic rings. The Hall–Kier alpha value is -1.60. The quantitative estimate of drug-likeness (QED) is 0.826. The number of carbonyl (C=O) groups excluding carboxylic acids is 1. The molecular formula is C11H10ClFN2O. The van der Waals surface area contributed by atoms with Crippen LogP contribution in [0.4, 0.5) is 10.1 Å². The first-order valence-electron chi connectivity index (χ1n) is 4.64. The third-order valence-corrected chi connectivity index (χ3v) is 2.26. The molecule has 0 atom stereocenters. The van der Waals surface area contributed by atoms with Crippen LogP contribution in [-0.4, -0.2) is 11.8 Å². The van der Waals surface area contributed by atoms with Gasteiger partial charge in [-0.15, -0.1) is 11.6 Å². The molecule has 0 bridgehead atoms. The molecule has 1 rings (SSSR count). The summed E-state index contributed by atoms with van der Waals surface area (Å²) in [6.07, 6.45) is 0.152. The smallest absolute Gasteiger partial charge is 0.225 e. The molecule has 1 amide bonds. The summed E-state index contributed by atoms with van der Waals surface area (Å²) in [7, 11) is 0. The van der Waals surface area contributed by atoms with Gasteiger partial charge in [0.05, 0.1) is 11.6 Å². The number of nitrogens with one attached hydrogen (secondary N) is 1. The molecule has 5 heteroatoms. The number of amides is 1. The maximum absolute atomic E-state index is 13.3. The number of hydrogen-bond acceptors (Lipinski definition) is 2. The van der Waals surface area contributed by atoms with E-state index in [1.165, 1.54) is 13.0 Å². The van der Waals surface area contributed by atoms with Gasteiger partial charge in [-0.05, 0) is 19.1 Å². The minimum absolute atomic E-state index is 0.152. The molecule has 1 aromatic carbocycles. The van der Waals surface area contributed by atoms with Crippen molar-refractivity contribution in [2.24, 2.45) is 0 Å². The molecule has 0 heterocycles. The largest absolute Gasteiger partial charge is 0.326 e. The highest BCUT2D eigenvalue weighted by atomic mass is 35.5. The van der Waals surface area contributed by atoms with Crippen LogP contribution in [0.25, 0.3) is 0 Å². The Bertz CT molecular complexity index is 454. The number of benzene rings is 1. The van der Waals surface area contributed by atoms with Crippen molar-refractivity contribution in [2.75, 3.05) is 11.2 Å². The third kappa shape index (κ3) is 2.94. The van der Waals surface area contributed by atoms with Gasteiger partial charge in [-0.25, -0.2) is 4.39 Å². The Labute approximate surface area is 97.8 Å². The third-order valence-electron chi connectivity index (χ3n) is 2.07. The topological polar surface area (TPSA) is 52.9 Å². The molecule has 0 aromatic heterocycles. The fourth-order valence-electron chi connectivity index (χ4n) is 1.17. The van der Waals surface area contributed by atoms with Crippen molar-refractivity contribution in [3.8, 4) is 6.07 Å². The lowest BCUT2D eigenvalue weighted by Crippen LogP contribution is -2.13. The molecule has 0 saturated carbocycles. The van der Waals surface area contributed by atoms with Crippen LogP contribution < -0.4 is 5.32 Å². The van der Waals surface area contributed by atoms with Gasteiger partial charge in [0.15, 0.2) is 0 Å². The summed E-state index contributed by atoms with van der Waals surface area (Å²) in [5.74, 6) is -0.613. The molecule has 0 aliphatic carbocycles. The zero-order chi connectivity index (χ0) is 12.1. The van der Waals surface area contributed by atoms with Crippen molar-refractivity contribution in [3.63, 3.8) is 0 Å². The average molecular weight is 241 g/mol. The summed E-state index contributed by atoms with van der Waals surface area (Å²) in [5.41, 5.74) is 0.790. The lowest BCUT2D eigenvalue weighted by atomic mass is 10.1. The number of hydrogen-bond donors (Lipinski definition) is 1. The van der Waals surface area contributed by atoms with Gasteiger partial charge in [-0.1, -0.05) is 0 Å². The molecule has 84 valence electrons. The number of anilines is 1. The minimum atomic E-state index is -0.514. The van der Waals surface area contributed by atoms with Crippen molar-refractivity contribution in [2.45, 2.75) is 13.3 Å². The number of halogens is 2. The Balaban J connectivity index is 3.00. The van der Waals surface area contributed by atoms with Crippen molar-refractivity contribution in [3.05, 3.63) is 29.1 Å². The summed E-state index contributed by atoms with van der Waals surface area (Å²) < 4.78 is 13.3. The molecule has 0 saturated heterocycles. The van der Waals surface area contributed by atoms with Crippen LogP contribution >= 0.6 is 11.6 Å². The van der Waals surface area contributed by atoms with Crippen molar-refractivity contribution >= 4 is 23.2 Å². The van der Waals surface area contributed by atoms with Crippen LogP contribution in [0.1, 0.15) is 17.5 Å². The molecule has 16 heavy (non-hydrogen) atoms. The maximum Gasteiger partial charge on any atom is 0.225 e. The van der Waals surface area contributed by atoms with Crippen LogP contribution in [-0.2, 0) is 4.79 Å². The predicted octanol–water partition coefficient (Wildman–Crippen LogP) is 2.57. The van der Waals surface area contributed by atoms with Gasteiger partial charge >= 0.3 is 0 Å². The molecule has 0 radical (unpaired) electrons. The van der Waals surface area contributed by atoms with Crippen LogP contribution in [0.15, 0.2) is 12.1 Å². The molecule has 0 aliphatic rings. The standard InChI is InChI=1S/C11H10ClFN2O/c1-7-9(13)4-8(6-14)5-10(7)15-11(16)2-3-12/h4-5H,2-3H2,1H3,(H,15,16). The summed E-state index contributed by atoms with van der Waals surface area (Å²) in [6, 6.07) is 4.39. The summed E-state index contributed by atoms with van der Waals surface area (Å²) in [4.78, 5) is 11.3. The fourth-order valence-corrected chi connectivity index (χ4v) is 1.34. The number of carbonyl (C=O) groups is 1. The second-order valence-corrected chi connectivity index (χ2v) is 3.61. The van der Waals surface area contributed by atoms with E-state index in [4.69, 9.17) is 16.9 Å². The van der Waals surface area contributed by atoms with Crippen LogP contribution in [0.2, 0.25) is 0 Å². The van der Waals surface area contributed by atoms with E-state index in [0.717, 1.165) is 6.07 Å². The predicted molar refractivity (Wildman–Crippen MR) is 59.8 cm³/mol. The van der Waals surface area contributed by atoms with Gasteiger partial charge in [-0.3, -0.25) is 4.79 Å². The lowest BCUT2D eigenvalue weighted by molar-refractivity contribution is -0.115. The highest BCUT2D eigenvalue weighted by molar-refractivity contribution is 6.19. The number of nitriles is 1. The maximum atomic E-state index is 13.3. The van der Waals surface area contributed by atoms with E-state index >= 15 is 0 Å². The van der Waals surface area contributed by atoms with Gasteiger partial charge < -0.3 is 5.32 Å². The van der Waals surface area contributed by atoms with Crippen molar-refractivity contribution in [1.82, 2.24) is 0 Å². The van der Waals surface area contributed by atoms with E-state index in [9.17, 15) is 9.18 Å². The summed E-state index contributed by atoms with van der Waals surface area (Å²) in [5, 5.41) is 11.2. The van der Waals surface area contributed by atoms with Crippen LogP contribution in [0.3, 0.4) is 0 Å². The molecule has 3 nitrogen and oxygen atoms in total. The second kappa shape index (κ2) is 5.47. The van der Waals surface area contributed by atoms with E-state index in [0.29, 0.717) is 11.3 Å².